The Morgan fingerprint density at radius 2 is 1.77 bits per heavy atom. The lowest BCUT2D eigenvalue weighted by molar-refractivity contribution is -0.115. The molecule has 1 amide bonds. The van der Waals surface area contributed by atoms with E-state index in [0.717, 1.165) is 0 Å². The predicted molar refractivity (Wildman–Crippen MR) is 151 cm³/mol. The number of nitrogens with one attached hydrogen (secondary N) is 1. The second-order valence-corrected chi connectivity index (χ2v) is 12.6. The summed E-state index contributed by atoms with van der Waals surface area (Å²) >= 11 is 13.4. The Morgan fingerprint density at radius 3 is 2.35 bits per heavy atom. The van der Waals surface area contributed by atoms with Crippen LogP contribution in [0.2, 0.25) is 10.0 Å². The van der Waals surface area contributed by atoms with Gasteiger partial charge in [0.05, 0.1) is 35.8 Å². The van der Waals surface area contributed by atoms with Crippen LogP contribution in [0.1, 0.15) is 36.8 Å². The van der Waals surface area contributed by atoms with Gasteiger partial charge in [0.25, 0.3) is 0 Å². The smallest absolute Gasteiger partial charge is 0.228 e. The molecule has 0 bridgehead atoms. The van der Waals surface area contributed by atoms with Crippen molar-refractivity contribution in [2.45, 2.75) is 36.5 Å². The molecule has 1 aliphatic rings. The van der Waals surface area contributed by atoms with Crippen molar-refractivity contribution in [1.29, 1.82) is 0 Å². The number of halogens is 3. The van der Waals surface area contributed by atoms with Gasteiger partial charge in [-0.2, -0.15) is 0 Å². The van der Waals surface area contributed by atoms with Crippen LogP contribution in [0, 0.1) is 5.82 Å². The summed E-state index contributed by atoms with van der Waals surface area (Å²) in [7, 11) is -1.91. The molecule has 0 atom stereocenters. The zero-order valence-corrected chi connectivity index (χ0v) is 24.0. The lowest BCUT2D eigenvalue weighted by Crippen LogP contribution is -2.16. The number of rotatable bonds is 9. The van der Waals surface area contributed by atoms with E-state index in [2.05, 4.69) is 10.3 Å². The fraction of sp³-hybridized carbons (Fsp3) is 0.241. The first-order chi connectivity index (χ1) is 19.1. The molecule has 4 aromatic rings. The Hall–Kier alpha value is -3.40. The number of carbonyl (C=O) groups is 1. The van der Waals surface area contributed by atoms with E-state index in [1.807, 2.05) is 0 Å². The van der Waals surface area contributed by atoms with Crippen LogP contribution in [0.25, 0.3) is 11.3 Å². The fourth-order valence-electron chi connectivity index (χ4n) is 4.62. The summed E-state index contributed by atoms with van der Waals surface area (Å²) in [5.74, 6) is 0.145. The van der Waals surface area contributed by atoms with Gasteiger partial charge in [0.2, 0.25) is 11.8 Å². The summed E-state index contributed by atoms with van der Waals surface area (Å²) in [4.78, 5) is 17.4. The van der Waals surface area contributed by atoms with E-state index in [4.69, 9.17) is 32.4 Å². The van der Waals surface area contributed by atoms with Crippen LogP contribution < -0.4 is 10.1 Å². The van der Waals surface area contributed by atoms with Gasteiger partial charge in [-0.3, -0.25) is 4.79 Å². The molecule has 5 rings (SSSR count). The summed E-state index contributed by atoms with van der Waals surface area (Å²) in [5.41, 5.74) is 1.63. The Bertz CT molecular complexity index is 1680. The predicted octanol–water partition coefficient (Wildman–Crippen LogP) is 6.85. The highest BCUT2D eigenvalue weighted by atomic mass is 35.5. The average Bonchev–Trinajstić information content (AvgIpc) is 3.54. The Balaban J connectivity index is 1.32. The number of benzene rings is 3. The molecule has 11 heteroatoms. The fourth-order valence-corrected chi connectivity index (χ4v) is 6.35. The minimum Gasteiger partial charge on any atom is -0.494 e. The first-order valence-electron chi connectivity index (χ1n) is 12.5. The summed E-state index contributed by atoms with van der Waals surface area (Å²) < 4.78 is 49.2. The van der Waals surface area contributed by atoms with Crippen LogP contribution in [-0.2, 0) is 26.5 Å². The van der Waals surface area contributed by atoms with Crippen molar-refractivity contribution in [3.63, 3.8) is 0 Å². The molecule has 1 heterocycles. The van der Waals surface area contributed by atoms with E-state index in [0.29, 0.717) is 56.9 Å². The summed E-state index contributed by atoms with van der Waals surface area (Å²) in [5, 5.41) is 3.50. The van der Waals surface area contributed by atoms with Crippen molar-refractivity contribution in [3.05, 3.63) is 93.7 Å². The quantitative estimate of drug-likeness (QED) is 0.225. The molecule has 1 fully saturated rings. The van der Waals surface area contributed by atoms with Crippen molar-refractivity contribution in [2.75, 3.05) is 18.2 Å². The number of hydrogen-bond donors (Lipinski definition) is 1. The number of nitrogens with zero attached hydrogens (tertiary/aromatic N) is 1. The number of ether oxygens (including phenoxy) is 1. The highest BCUT2D eigenvalue weighted by molar-refractivity contribution is 7.91. The molecule has 3 aromatic carbocycles. The molecule has 1 N–H and O–H groups in total. The molecule has 40 heavy (non-hydrogen) atoms. The molecule has 1 aliphatic carbocycles. The van der Waals surface area contributed by atoms with Gasteiger partial charge < -0.3 is 14.5 Å². The molecular formula is C29H25Cl2FN2O5S. The van der Waals surface area contributed by atoms with Gasteiger partial charge in [-0.1, -0.05) is 42.3 Å². The Morgan fingerprint density at radius 1 is 1.10 bits per heavy atom. The van der Waals surface area contributed by atoms with Crippen molar-refractivity contribution in [2.24, 2.45) is 0 Å². The molecule has 208 valence electrons. The van der Waals surface area contributed by atoms with E-state index in [1.54, 1.807) is 37.3 Å². The monoisotopic (exact) mass is 602 g/mol. The van der Waals surface area contributed by atoms with Gasteiger partial charge in [-0.15, -0.1) is 0 Å². The number of amides is 1. The van der Waals surface area contributed by atoms with E-state index >= 15 is 0 Å². The third-order valence-corrected chi connectivity index (χ3v) is 9.28. The minimum atomic E-state index is -3.31. The molecule has 0 radical (unpaired) electrons. The maximum absolute atomic E-state index is 14.2. The zero-order chi connectivity index (χ0) is 28.7. The van der Waals surface area contributed by atoms with Gasteiger partial charge in [0.1, 0.15) is 0 Å². The van der Waals surface area contributed by atoms with Crippen molar-refractivity contribution < 1.29 is 26.8 Å². The van der Waals surface area contributed by atoms with Gasteiger partial charge in [-0.25, -0.2) is 17.8 Å². The normalized spacial score (nSPS) is 14.1. The molecule has 0 unspecified atom stereocenters. The maximum Gasteiger partial charge on any atom is 0.228 e. The second kappa shape index (κ2) is 10.9. The van der Waals surface area contributed by atoms with Crippen molar-refractivity contribution >= 4 is 44.6 Å². The van der Waals surface area contributed by atoms with Crippen molar-refractivity contribution in [3.8, 4) is 17.1 Å². The van der Waals surface area contributed by atoms with Crippen LogP contribution in [0.4, 0.5) is 10.1 Å². The van der Waals surface area contributed by atoms with Crippen LogP contribution >= 0.6 is 23.2 Å². The SMILES string of the molecule is CCS(=O)(=O)c1ccc(CC(=O)Nc2cc(Cl)c(C3(c4ncc(-c5ccc(OC)c(F)c5)o4)CC3)c(Cl)c2)cc1. The number of oxazole rings is 1. The molecule has 1 saturated carbocycles. The standard InChI is InChI=1S/C29H25Cl2FN2O5S/c1-3-40(36,37)20-7-4-17(5-8-20)12-26(35)34-19-14-21(30)27(22(31)15-19)29(10-11-29)28-33-16-25(39-28)18-6-9-24(38-2)23(32)13-18/h4-9,13-16H,3,10-12H2,1-2H3,(H,34,35). The number of anilines is 1. The average molecular weight is 603 g/mol. The Labute approximate surface area is 241 Å². The summed E-state index contributed by atoms with van der Waals surface area (Å²) in [6.07, 6.45) is 2.99. The third-order valence-electron chi connectivity index (χ3n) is 6.93. The van der Waals surface area contributed by atoms with Crippen molar-refractivity contribution in [1.82, 2.24) is 4.98 Å². The topological polar surface area (TPSA) is 98.5 Å². The number of sulfone groups is 1. The zero-order valence-electron chi connectivity index (χ0n) is 21.6. The molecule has 7 nitrogen and oxygen atoms in total. The Kier molecular flexibility index (Phi) is 7.65. The number of hydrogen-bond acceptors (Lipinski definition) is 6. The first kappa shape index (κ1) is 28.1. The van der Waals surface area contributed by atoms with Gasteiger partial charge in [0.15, 0.2) is 27.2 Å². The van der Waals surface area contributed by atoms with Crippen LogP contribution in [0.3, 0.4) is 0 Å². The van der Waals surface area contributed by atoms with E-state index in [1.165, 1.54) is 37.6 Å². The lowest BCUT2D eigenvalue weighted by atomic mass is 9.95. The second-order valence-electron chi connectivity index (χ2n) is 9.55. The highest BCUT2D eigenvalue weighted by Gasteiger charge is 2.52. The van der Waals surface area contributed by atoms with Gasteiger partial charge in [0, 0.05) is 26.9 Å². The van der Waals surface area contributed by atoms with Gasteiger partial charge >= 0.3 is 0 Å². The summed E-state index contributed by atoms with van der Waals surface area (Å²) in [6.45, 7) is 1.58. The largest absolute Gasteiger partial charge is 0.494 e. The molecule has 1 aromatic heterocycles. The third kappa shape index (κ3) is 5.46. The number of aromatic nitrogens is 1. The molecular weight excluding hydrogens is 578 g/mol. The molecule has 0 saturated heterocycles. The maximum atomic E-state index is 14.2. The lowest BCUT2D eigenvalue weighted by Gasteiger charge is -2.17. The van der Waals surface area contributed by atoms with E-state index < -0.39 is 21.1 Å². The van der Waals surface area contributed by atoms with E-state index in [-0.39, 0.29) is 28.7 Å². The van der Waals surface area contributed by atoms with Gasteiger partial charge in [-0.05, 0) is 60.9 Å². The summed E-state index contributed by atoms with van der Waals surface area (Å²) in [6, 6.07) is 14.0. The minimum absolute atomic E-state index is 0.00539. The first-order valence-corrected chi connectivity index (χ1v) is 14.9. The van der Waals surface area contributed by atoms with Crippen LogP contribution in [-0.4, -0.2) is 32.2 Å². The highest BCUT2D eigenvalue weighted by Crippen LogP contribution is 2.57. The number of carbonyl (C=O) groups excluding carboxylic acids is 1. The van der Waals surface area contributed by atoms with Crippen LogP contribution in [0.15, 0.2) is 70.1 Å². The molecule has 0 spiro atoms. The number of methoxy groups -OCH3 is 1. The van der Waals surface area contributed by atoms with Crippen LogP contribution in [0.5, 0.6) is 5.75 Å². The van der Waals surface area contributed by atoms with E-state index in [9.17, 15) is 17.6 Å². The molecule has 0 aliphatic heterocycles.